The van der Waals surface area contributed by atoms with Crippen LogP contribution in [0.5, 0.6) is 5.75 Å². The molecule has 1 aromatic rings. The van der Waals surface area contributed by atoms with E-state index in [1.807, 2.05) is 29.2 Å². The van der Waals surface area contributed by atoms with Crippen LogP contribution in [0.15, 0.2) is 24.3 Å². The second-order valence-electron chi connectivity index (χ2n) is 6.16. The van der Waals surface area contributed by atoms with E-state index < -0.39 is 0 Å². The fourth-order valence-electron chi connectivity index (χ4n) is 3.68. The largest absolute Gasteiger partial charge is 0.497 e. The highest BCUT2D eigenvalue weighted by molar-refractivity contribution is 5.94. The minimum absolute atomic E-state index is 0.138. The molecule has 4 heteroatoms. The van der Waals surface area contributed by atoms with E-state index in [0.717, 1.165) is 43.5 Å². The Hall–Kier alpha value is -1.55. The summed E-state index contributed by atoms with van der Waals surface area (Å²) in [5, 5.41) is 0. The maximum Gasteiger partial charge on any atom is 0.254 e. The first-order valence-electron chi connectivity index (χ1n) is 8.06. The molecule has 1 amide bonds. The highest BCUT2D eigenvalue weighted by Gasteiger charge is 2.31. The van der Waals surface area contributed by atoms with Gasteiger partial charge in [-0.2, -0.15) is 0 Å². The molecule has 1 N–H and O–H groups in total. The van der Waals surface area contributed by atoms with Crippen LogP contribution in [0.2, 0.25) is 0 Å². The fourth-order valence-corrected chi connectivity index (χ4v) is 3.68. The molecule has 2 fully saturated rings. The van der Waals surface area contributed by atoms with Crippen LogP contribution in [0.3, 0.4) is 0 Å². The summed E-state index contributed by atoms with van der Waals surface area (Å²) in [6.45, 7) is 3.95. The summed E-state index contributed by atoms with van der Waals surface area (Å²) in [6, 6.07) is 8.31. The molecule has 2 aliphatic rings. The van der Waals surface area contributed by atoms with Crippen LogP contribution in [-0.2, 0) is 0 Å². The molecule has 114 valence electrons. The molecule has 3 rings (SSSR count). The Morgan fingerprint density at radius 1 is 1.24 bits per heavy atom. The average Bonchev–Trinajstić information content (AvgIpc) is 3.09. The van der Waals surface area contributed by atoms with Crippen molar-refractivity contribution in [3.63, 3.8) is 0 Å². The standard InChI is InChI=1S/C17H24N2O2/c1-21-16-8-4-5-14(13-16)17(20)19-11-9-18(10-12-19)15-6-2-3-7-15/h4-5,8,13,15H,2-3,6-7,9-12H2,1H3/p+1. The minimum Gasteiger partial charge on any atom is -0.497 e. The van der Waals surface area contributed by atoms with Gasteiger partial charge in [0.1, 0.15) is 5.75 Å². The number of carbonyl (C=O) groups excluding carboxylic acids is 1. The summed E-state index contributed by atoms with van der Waals surface area (Å²) in [4.78, 5) is 16.3. The molecule has 4 nitrogen and oxygen atoms in total. The summed E-state index contributed by atoms with van der Waals surface area (Å²) in [5.74, 6) is 0.885. The fraction of sp³-hybridized carbons (Fsp3) is 0.588. The quantitative estimate of drug-likeness (QED) is 0.900. The number of methoxy groups -OCH3 is 1. The Morgan fingerprint density at radius 3 is 2.62 bits per heavy atom. The summed E-state index contributed by atoms with van der Waals surface area (Å²) < 4.78 is 5.20. The zero-order valence-electron chi connectivity index (χ0n) is 12.8. The van der Waals surface area contributed by atoms with Gasteiger partial charge in [0.25, 0.3) is 5.91 Å². The third kappa shape index (κ3) is 3.21. The number of ether oxygens (including phenoxy) is 1. The monoisotopic (exact) mass is 289 g/mol. The van der Waals surface area contributed by atoms with Crippen LogP contribution in [-0.4, -0.2) is 50.1 Å². The van der Waals surface area contributed by atoms with Crippen molar-refractivity contribution < 1.29 is 14.4 Å². The van der Waals surface area contributed by atoms with Crippen molar-refractivity contribution in [2.75, 3.05) is 33.3 Å². The third-order valence-electron chi connectivity index (χ3n) is 4.94. The van der Waals surface area contributed by atoms with Gasteiger partial charge in [-0.3, -0.25) is 4.79 Å². The summed E-state index contributed by atoms with van der Waals surface area (Å²) >= 11 is 0. The summed E-state index contributed by atoms with van der Waals surface area (Å²) in [6.07, 6.45) is 5.53. The van der Waals surface area contributed by atoms with Gasteiger partial charge in [0, 0.05) is 5.56 Å². The molecule has 1 aliphatic heterocycles. The van der Waals surface area contributed by atoms with Crippen LogP contribution >= 0.6 is 0 Å². The van der Waals surface area contributed by atoms with Gasteiger partial charge in [-0.05, 0) is 43.9 Å². The van der Waals surface area contributed by atoms with Crippen LogP contribution in [0, 0.1) is 0 Å². The maximum atomic E-state index is 12.6. The second-order valence-corrected chi connectivity index (χ2v) is 6.16. The van der Waals surface area contributed by atoms with E-state index in [0.29, 0.717) is 0 Å². The minimum atomic E-state index is 0.138. The molecule has 0 aromatic heterocycles. The van der Waals surface area contributed by atoms with E-state index in [9.17, 15) is 4.79 Å². The van der Waals surface area contributed by atoms with Gasteiger partial charge in [-0.25, -0.2) is 0 Å². The van der Waals surface area contributed by atoms with Crippen LogP contribution in [0.1, 0.15) is 36.0 Å². The van der Waals surface area contributed by atoms with Crippen molar-refractivity contribution >= 4 is 5.91 Å². The van der Waals surface area contributed by atoms with Gasteiger partial charge < -0.3 is 14.5 Å². The van der Waals surface area contributed by atoms with Crippen LogP contribution < -0.4 is 9.64 Å². The number of carbonyl (C=O) groups is 1. The number of nitrogens with zero attached hydrogens (tertiary/aromatic N) is 1. The lowest BCUT2D eigenvalue weighted by molar-refractivity contribution is -0.928. The van der Waals surface area contributed by atoms with Crippen molar-refractivity contribution in [2.24, 2.45) is 0 Å². The predicted molar refractivity (Wildman–Crippen MR) is 81.9 cm³/mol. The number of hydrogen-bond donors (Lipinski definition) is 1. The lowest BCUT2D eigenvalue weighted by atomic mass is 10.1. The van der Waals surface area contributed by atoms with Gasteiger partial charge in [-0.1, -0.05) is 6.07 Å². The molecule has 1 saturated heterocycles. The first-order chi connectivity index (χ1) is 10.3. The van der Waals surface area contributed by atoms with Gasteiger partial charge in [0.05, 0.1) is 39.3 Å². The topological polar surface area (TPSA) is 34.0 Å². The van der Waals surface area contributed by atoms with Gasteiger partial charge in [0.2, 0.25) is 0 Å². The van der Waals surface area contributed by atoms with Crippen molar-refractivity contribution in [3.05, 3.63) is 29.8 Å². The molecule has 1 heterocycles. The van der Waals surface area contributed by atoms with E-state index in [4.69, 9.17) is 4.74 Å². The first-order valence-corrected chi connectivity index (χ1v) is 8.06. The Bertz CT molecular complexity index is 489. The molecule has 0 bridgehead atoms. The SMILES string of the molecule is COc1cccc(C(=O)N2CC[NH+](C3CCCC3)CC2)c1. The molecular formula is C17H25N2O2+. The van der Waals surface area contributed by atoms with E-state index in [1.54, 1.807) is 12.0 Å². The number of hydrogen-bond acceptors (Lipinski definition) is 2. The first kappa shape index (κ1) is 14.4. The smallest absolute Gasteiger partial charge is 0.254 e. The Morgan fingerprint density at radius 2 is 1.95 bits per heavy atom. The summed E-state index contributed by atoms with van der Waals surface area (Å²) in [7, 11) is 1.63. The molecule has 0 spiro atoms. The van der Waals surface area contributed by atoms with E-state index in [1.165, 1.54) is 25.7 Å². The maximum absolute atomic E-state index is 12.6. The van der Waals surface area contributed by atoms with Crippen molar-refractivity contribution in [2.45, 2.75) is 31.7 Å². The van der Waals surface area contributed by atoms with Crippen molar-refractivity contribution in [3.8, 4) is 5.75 Å². The molecule has 21 heavy (non-hydrogen) atoms. The normalized spacial score (nSPS) is 20.7. The highest BCUT2D eigenvalue weighted by atomic mass is 16.5. The molecular weight excluding hydrogens is 264 g/mol. The molecule has 1 aliphatic carbocycles. The second kappa shape index (κ2) is 6.48. The Kier molecular flexibility index (Phi) is 4.44. The third-order valence-corrected chi connectivity index (χ3v) is 4.94. The Labute approximate surface area is 126 Å². The number of amides is 1. The van der Waals surface area contributed by atoms with Gasteiger partial charge >= 0.3 is 0 Å². The number of nitrogens with one attached hydrogen (secondary N) is 1. The predicted octanol–water partition coefficient (Wildman–Crippen LogP) is 0.978. The van der Waals surface area contributed by atoms with Gasteiger partial charge in [0.15, 0.2) is 0 Å². The van der Waals surface area contributed by atoms with Crippen molar-refractivity contribution in [1.82, 2.24) is 4.90 Å². The lowest BCUT2D eigenvalue weighted by Crippen LogP contribution is -3.18. The average molecular weight is 289 g/mol. The lowest BCUT2D eigenvalue weighted by Gasteiger charge is -2.35. The molecule has 1 aromatic carbocycles. The molecule has 0 radical (unpaired) electrons. The molecule has 0 unspecified atom stereocenters. The summed E-state index contributed by atoms with van der Waals surface area (Å²) in [5.41, 5.74) is 0.735. The number of quaternary nitrogens is 1. The zero-order chi connectivity index (χ0) is 14.7. The van der Waals surface area contributed by atoms with Crippen LogP contribution in [0.25, 0.3) is 0 Å². The van der Waals surface area contributed by atoms with E-state index >= 15 is 0 Å². The number of benzene rings is 1. The van der Waals surface area contributed by atoms with Gasteiger partial charge in [-0.15, -0.1) is 0 Å². The Balaban J connectivity index is 1.59. The molecule has 0 atom stereocenters. The van der Waals surface area contributed by atoms with E-state index in [-0.39, 0.29) is 5.91 Å². The zero-order valence-corrected chi connectivity index (χ0v) is 12.8. The highest BCUT2D eigenvalue weighted by Crippen LogP contribution is 2.17. The van der Waals surface area contributed by atoms with Crippen LogP contribution in [0.4, 0.5) is 0 Å². The number of piperazine rings is 1. The number of rotatable bonds is 3. The molecule has 1 saturated carbocycles. The van der Waals surface area contributed by atoms with E-state index in [2.05, 4.69) is 0 Å². The van der Waals surface area contributed by atoms with Crippen molar-refractivity contribution in [1.29, 1.82) is 0 Å².